The molecule has 2 rings (SSSR count). The summed E-state index contributed by atoms with van der Waals surface area (Å²) >= 11 is 6.13. The van der Waals surface area contributed by atoms with Gasteiger partial charge in [0.25, 0.3) is 0 Å². The Kier molecular flexibility index (Phi) is 3.89. The molecular formula is C13H16ClN3O. The Morgan fingerprint density at radius 2 is 2.22 bits per heavy atom. The third-order valence-electron chi connectivity index (χ3n) is 2.85. The number of nitrogens with one attached hydrogen (secondary N) is 1. The molecule has 1 heterocycles. The van der Waals surface area contributed by atoms with Crippen molar-refractivity contribution >= 4 is 11.6 Å². The molecule has 1 aromatic heterocycles. The molecule has 5 heteroatoms. The topological polar surface area (TPSA) is 39.1 Å². The summed E-state index contributed by atoms with van der Waals surface area (Å²) in [5.41, 5.74) is 2.10. The van der Waals surface area contributed by atoms with E-state index in [0.717, 1.165) is 23.6 Å². The van der Waals surface area contributed by atoms with E-state index in [-0.39, 0.29) is 0 Å². The number of halogens is 1. The van der Waals surface area contributed by atoms with Crippen LogP contribution in [0.15, 0.2) is 24.4 Å². The highest BCUT2D eigenvalue weighted by Gasteiger charge is 2.10. The minimum Gasteiger partial charge on any atom is -0.495 e. The molecule has 0 saturated carbocycles. The smallest absolute Gasteiger partial charge is 0.139 e. The quantitative estimate of drug-likeness (QED) is 0.923. The zero-order chi connectivity index (χ0) is 13.1. The van der Waals surface area contributed by atoms with Crippen molar-refractivity contribution in [1.82, 2.24) is 14.9 Å². The minimum atomic E-state index is 0.591. The molecule has 0 bridgehead atoms. The number of rotatable bonds is 4. The van der Waals surface area contributed by atoms with E-state index in [0.29, 0.717) is 10.8 Å². The predicted octanol–water partition coefficient (Wildman–Crippen LogP) is 2.47. The maximum atomic E-state index is 6.13. The van der Waals surface area contributed by atoms with E-state index in [1.54, 1.807) is 7.11 Å². The predicted molar refractivity (Wildman–Crippen MR) is 73.0 cm³/mol. The maximum Gasteiger partial charge on any atom is 0.139 e. The maximum absolute atomic E-state index is 6.13. The van der Waals surface area contributed by atoms with Gasteiger partial charge in [-0.2, -0.15) is 0 Å². The molecule has 4 nitrogen and oxygen atoms in total. The van der Waals surface area contributed by atoms with Crippen molar-refractivity contribution in [3.8, 4) is 17.1 Å². The lowest BCUT2D eigenvalue weighted by Gasteiger charge is -2.08. The summed E-state index contributed by atoms with van der Waals surface area (Å²) in [6.07, 6.45) is 1.87. The van der Waals surface area contributed by atoms with Gasteiger partial charge in [-0.25, -0.2) is 4.98 Å². The SMILES string of the molecule is CNCc1cnc(-c2ccc(OC)c(Cl)c2)n1C. The van der Waals surface area contributed by atoms with Crippen LogP contribution < -0.4 is 10.1 Å². The monoisotopic (exact) mass is 265 g/mol. The van der Waals surface area contributed by atoms with Crippen LogP contribution in [-0.2, 0) is 13.6 Å². The summed E-state index contributed by atoms with van der Waals surface area (Å²) in [7, 11) is 5.51. The van der Waals surface area contributed by atoms with Crippen LogP contribution in [0.5, 0.6) is 5.75 Å². The first-order chi connectivity index (χ1) is 8.67. The van der Waals surface area contributed by atoms with Gasteiger partial charge < -0.3 is 14.6 Å². The van der Waals surface area contributed by atoms with Crippen LogP contribution in [-0.4, -0.2) is 23.7 Å². The largest absolute Gasteiger partial charge is 0.495 e. The molecule has 0 spiro atoms. The number of aromatic nitrogens is 2. The first kappa shape index (κ1) is 12.9. The van der Waals surface area contributed by atoms with E-state index in [1.165, 1.54) is 0 Å². The van der Waals surface area contributed by atoms with Crippen molar-refractivity contribution in [3.63, 3.8) is 0 Å². The summed E-state index contributed by atoms with van der Waals surface area (Å²) in [5.74, 6) is 1.56. The molecule has 0 aliphatic heterocycles. The number of hydrogen-bond donors (Lipinski definition) is 1. The van der Waals surface area contributed by atoms with Crippen molar-refractivity contribution in [2.24, 2.45) is 7.05 Å². The number of ether oxygens (including phenoxy) is 1. The van der Waals surface area contributed by atoms with Gasteiger partial charge in [0.2, 0.25) is 0 Å². The molecule has 0 amide bonds. The zero-order valence-corrected chi connectivity index (χ0v) is 11.5. The van der Waals surface area contributed by atoms with Crippen LogP contribution in [0.2, 0.25) is 5.02 Å². The van der Waals surface area contributed by atoms with E-state index < -0.39 is 0 Å². The number of imidazole rings is 1. The molecule has 0 unspecified atom stereocenters. The van der Waals surface area contributed by atoms with Gasteiger partial charge in [0.05, 0.1) is 24.0 Å². The van der Waals surface area contributed by atoms with E-state index in [1.807, 2.05) is 38.5 Å². The highest BCUT2D eigenvalue weighted by atomic mass is 35.5. The van der Waals surface area contributed by atoms with Crippen LogP contribution in [0.1, 0.15) is 5.69 Å². The Morgan fingerprint density at radius 3 is 2.83 bits per heavy atom. The summed E-state index contributed by atoms with van der Waals surface area (Å²) in [5, 5.41) is 3.70. The molecular weight excluding hydrogens is 250 g/mol. The summed E-state index contributed by atoms with van der Waals surface area (Å²) in [6, 6.07) is 5.67. The summed E-state index contributed by atoms with van der Waals surface area (Å²) in [6.45, 7) is 0.785. The Hall–Kier alpha value is -1.52. The number of hydrogen-bond acceptors (Lipinski definition) is 3. The molecule has 1 N–H and O–H groups in total. The van der Waals surface area contributed by atoms with Crippen molar-refractivity contribution in [1.29, 1.82) is 0 Å². The van der Waals surface area contributed by atoms with E-state index in [4.69, 9.17) is 16.3 Å². The summed E-state index contributed by atoms with van der Waals surface area (Å²) in [4.78, 5) is 4.42. The van der Waals surface area contributed by atoms with Gasteiger partial charge in [0, 0.05) is 19.2 Å². The fourth-order valence-electron chi connectivity index (χ4n) is 1.86. The second-order valence-electron chi connectivity index (χ2n) is 4.01. The second kappa shape index (κ2) is 5.42. The molecule has 0 fully saturated rings. The van der Waals surface area contributed by atoms with Gasteiger partial charge in [-0.1, -0.05) is 11.6 Å². The average molecular weight is 266 g/mol. The minimum absolute atomic E-state index is 0.591. The van der Waals surface area contributed by atoms with Crippen molar-refractivity contribution in [2.75, 3.05) is 14.2 Å². The van der Waals surface area contributed by atoms with Crippen LogP contribution in [0, 0.1) is 0 Å². The third-order valence-corrected chi connectivity index (χ3v) is 3.15. The molecule has 0 atom stereocenters. The Balaban J connectivity index is 2.39. The molecule has 96 valence electrons. The van der Waals surface area contributed by atoms with Crippen molar-refractivity contribution in [3.05, 3.63) is 35.1 Å². The Bertz CT molecular complexity index is 551. The average Bonchev–Trinajstić information content (AvgIpc) is 2.72. The highest BCUT2D eigenvalue weighted by molar-refractivity contribution is 6.32. The lowest BCUT2D eigenvalue weighted by atomic mass is 10.2. The van der Waals surface area contributed by atoms with Gasteiger partial charge in [0.15, 0.2) is 0 Å². The fraction of sp³-hybridized carbons (Fsp3) is 0.308. The number of nitrogens with zero attached hydrogens (tertiary/aromatic N) is 2. The number of methoxy groups -OCH3 is 1. The molecule has 18 heavy (non-hydrogen) atoms. The van der Waals surface area contributed by atoms with Gasteiger partial charge in [0.1, 0.15) is 11.6 Å². The van der Waals surface area contributed by atoms with Crippen molar-refractivity contribution in [2.45, 2.75) is 6.54 Å². The highest BCUT2D eigenvalue weighted by Crippen LogP contribution is 2.29. The normalized spacial score (nSPS) is 10.7. The Morgan fingerprint density at radius 1 is 1.44 bits per heavy atom. The molecule has 0 aliphatic rings. The van der Waals surface area contributed by atoms with Gasteiger partial charge >= 0.3 is 0 Å². The van der Waals surface area contributed by atoms with E-state index in [2.05, 4.69) is 14.9 Å². The molecule has 0 radical (unpaired) electrons. The zero-order valence-electron chi connectivity index (χ0n) is 10.7. The first-order valence-electron chi connectivity index (χ1n) is 5.66. The van der Waals surface area contributed by atoms with Crippen LogP contribution in [0.25, 0.3) is 11.4 Å². The van der Waals surface area contributed by atoms with Crippen LogP contribution >= 0.6 is 11.6 Å². The van der Waals surface area contributed by atoms with Gasteiger partial charge in [-0.05, 0) is 25.2 Å². The summed E-state index contributed by atoms with van der Waals surface area (Å²) < 4.78 is 7.19. The second-order valence-corrected chi connectivity index (χ2v) is 4.42. The molecule has 0 aliphatic carbocycles. The van der Waals surface area contributed by atoms with Crippen molar-refractivity contribution < 1.29 is 4.74 Å². The van der Waals surface area contributed by atoms with Crippen LogP contribution in [0.4, 0.5) is 0 Å². The first-order valence-corrected chi connectivity index (χ1v) is 6.04. The third kappa shape index (κ3) is 2.35. The molecule has 0 saturated heterocycles. The number of benzene rings is 1. The Labute approximate surface area is 112 Å². The van der Waals surface area contributed by atoms with E-state index in [9.17, 15) is 0 Å². The molecule has 2 aromatic rings. The van der Waals surface area contributed by atoms with Gasteiger partial charge in [-0.3, -0.25) is 0 Å². The molecule has 1 aromatic carbocycles. The van der Waals surface area contributed by atoms with Crippen LogP contribution in [0.3, 0.4) is 0 Å². The van der Waals surface area contributed by atoms with Gasteiger partial charge in [-0.15, -0.1) is 0 Å². The standard InChI is InChI=1S/C13H16ClN3O/c1-15-7-10-8-16-13(17(10)2)9-4-5-12(18-3)11(14)6-9/h4-6,8,15H,7H2,1-3H3. The lowest BCUT2D eigenvalue weighted by Crippen LogP contribution is -2.09. The fourth-order valence-corrected chi connectivity index (χ4v) is 2.12. The van der Waals surface area contributed by atoms with E-state index >= 15 is 0 Å². The lowest BCUT2D eigenvalue weighted by molar-refractivity contribution is 0.415.